The van der Waals surface area contributed by atoms with Crippen molar-refractivity contribution >= 4 is 27.3 Å². The molecule has 6 heteroatoms. The second-order valence-electron chi connectivity index (χ2n) is 6.71. The molecule has 1 amide bonds. The van der Waals surface area contributed by atoms with Crippen molar-refractivity contribution in [1.82, 2.24) is 10.2 Å². The summed E-state index contributed by atoms with van der Waals surface area (Å²) in [5.41, 5.74) is 1.04. The zero-order valence-corrected chi connectivity index (χ0v) is 15.9. The first kappa shape index (κ1) is 18.3. The number of benzene rings is 1. The van der Waals surface area contributed by atoms with Gasteiger partial charge in [-0.05, 0) is 44.5 Å². The molecule has 0 saturated carbocycles. The molecule has 0 spiro atoms. The summed E-state index contributed by atoms with van der Waals surface area (Å²) in [5, 5.41) is 4.28. The highest BCUT2D eigenvalue weighted by molar-refractivity contribution is 7.21. The molecule has 2 heterocycles. The second-order valence-corrected chi connectivity index (χ2v) is 7.76. The highest BCUT2D eigenvalue weighted by Gasteiger charge is 2.29. The Morgan fingerprint density at radius 1 is 1.40 bits per heavy atom. The van der Waals surface area contributed by atoms with E-state index in [-0.39, 0.29) is 18.1 Å². The van der Waals surface area contributed by atoms with Crippen LogP contribution in [0.3, 0.4) is 0 Å². The van der Waals surface area contributed by atoms with E-state index >= 15 is 0 Å². The molecule has 1 fully saturated rings. The molecule has 0 unspecified atom stereocenters. The van der Waals surface area contributed by atoms with Crippen LogP contribution in [0.15, 0.2) is 24.3 Å². The van der Waals surface area contributed by atoms with Gasteiger partial charge in [-0.3, -0.25) is 4.79 Å². The van der Waals surface area contributed by atoms with Crippen LogP contribution in [-0.4, -0.2) is 63.4 Å². The highest BCUT2D eigenvalue weighted by Crippen LogP contribution is 2.30. The number of aryl methyl sites for hydroxylation is 1. The van der Waals surface area contributed by atoms with Crippen molar-refractivity contribution < 1.29 is 14.3 Å². The van der Waals surface area contributed by atoms with E-state index in [1.54, 1.807) is 11.3 Å². The van der Waals surface area contributed by atoms with Crippen LogP contribution in [0.2, 0.25) is 0 Å². The zero-order valence-electron chi connectivity index (χ0n) is 15.1. The molecule has 1 saturated heterocycles. The third kappa shape index (κ3) is 4.39. The Balaban J connectivity index is 1.68. The lowest BCUT2D eigenvalue weighted by Crippen LogP contribution is -2.51. The molecule has 136 valence electrons. The van der Waals surface area contributed by atoms with Gasteiger partial charge in [0, 0.05) is 17.9 Å². The molecule has 5 nitrogen and oxygen atoms in total. The van der Waals surface area contributed by atoms with Gasteiger partial charge in [0.25, 0.3) is 5.91 Å². The van der Waals surface area contributed by atoms with Gasteiger partial charge in [-0.2, -0.15) is 0 Å². The fourth-order valence-electron chi connectivity index (χ4n) is 3.06. The van der Waals surface area contributed by atoms with Crippen molar-refractivity contribution in [2.75, 3.05) is 40.5 Å². The van der Waals surface area contributed by atoms with E-state index in [4.69, 9.17) is 9.47 Å². The molecule has 2 aromatic rings. The first-order valence-electron chi connectivity index (χ1n) is 8.69. The summed E-state index contributed by atoms with van der Waals surface area (Å²) < 4.78 is 12.7. The maximum absolute atomic E-state index is 12.8. The number of carbonyl (C=O) groups excluding carboxylic acids is 1. The quantitative estimate of drug-likeness (QED) is 0.858. The van der Waals surface area contributed by atoms with Gasteiger partial charge in [0.2, 0.25) is 0 Å². The van der Waals surface area contributed by atoms with Gasteiger partial charge in [-0.15, -0.1) is 11.3 Å². The van der Waals surface area contributed by atoms with Gasteiger partial charge < -0.3 is 19.7 Å². The first-order valence-corrected chi connectivity index (χ1v) is 9.51. The number of hydrogen-bond acceptors (Lipinski definition) is 5. The highest BCUT2D eigenvalue weighted by atomic mass is 32.1. The van der Waals surface area contributed by atoms with Gasteiger partial charge in [0.05, 0.1) is 30.2 Å². The fourth-order valence-corrected chi connectivity index (χ4v) is 4.18. The number of ether oxygens (including phenoxy) is 2. The van der Waals surface area contributed by atoms with Crippen LogP contribution in [0.4, 0.5) is 0 Å². The van der Waals surface area contributed by atoms with Crippen LogP contribution in [0.5, 0.6) is 0 Å². The predicted octanol–water partition coefficient (Wildman–Crippen LogP) is 2.68. The van der Waals surface area contributed by atoms with Crippen molar-refractivity contribution in [3.05, 3.63) is 34.7 Å². The van der Waals surface area contributed by atoms with E-state index in [0.717, 1.165) is 33.5 Å². The Morgan fingerprint density at radius 2 is 2.20 bits per heavy atom. The number of amides is 1. The molecule has 1 aliphatic heterocycles. The van der Waals surface area contributed by atoms with E-state index < -0.39 is 0 Å². The topological polar surface area (TPSA) is 50.8 Å². The number of fused-ring (bicyclic) bond motifs is 1. The summed E-state index contributed by atoms with van der Waals surface area (Å²) in [6.45, 7) is 4.72. The standard InChI is InChI=1S/C19H26N2O3S/c1-13-14-6-4-5-7-17(14)25-18(13)19(22)20-15-12-23-10-8-16(15)24-11-9-21(2)3/h4-7,15-16H,8-12H2,1-3H3,(H,20,22)/t15-,16+/m1/s1. The number of likely N-dealkylation sites (N-methyl/N-ethyl adjacent to an activating group) is 1. The first-order chi connectivity index (χ1) is 12.1. The molecule has 1 aromatic carbocycles. The van der Waals surface area contributed by atoms with E-state index in [1.165, 1.54) is 0 Å². The van der Waals surface area contributed by atoms with Crippen molar-refractivity contribution in [1.29, 1.82) is 0 Å². The molecular formula is C19H26N2O3S. The summed E-state index contributed by atoms with van der Waals surface area (Å²) in [5.74, 6) is -0.0320. The summed E-state index contributed by atoms with van der Waals surface area (Å²) in [4.78, 5) is 15.7. The third-order valence-corrected chi connectivity index (χ3v) is 5.80. The third-order valence-electron chi connectivity index (χ3n) is 4.53. The number of thiophene rings is 1. The Hall–Kier alpha value is -1.47. The molecular weight excluding hydrogens is 336 g/mol. The lowest BCUT2D eigenvalue weighted by Gasteiger charge is -2.32. The van der Waals surface area contributed by atoms with Crippen LogP contribution < -0.4 is 5.32 Å². The minimum absolute atomic E-state index is 0.00679. The SMILES string of the molecule is Cc1c(C(=O)N[C@@H]2COCC[C@@H]2OCCN(C)C)sc2ccccc12. The monoisotopic (exact) mass is 362 g/mol. The van der Waals surface area contributed by atoms with Crippen LogP contribution in [0, 0.1) is 6.92 Å². The van der Waals surface area contributed by atoms with Crippen LogP contribution in [-0.2, 0) is 9.47 Å². The van der Waals surface area contributed by atoms with Crippen molar-refractivity contribution in [3.8, 4) is 0 Å². The summed E-state index contributed by atoms with van der Waals surface area (Å²) in [7, 11) is 4.05. The fraction of sp³-hybridized carbons (Fsp3) is 0.526. The van der Waals surface area contributed by atoms with Crippen molar-refractivity contribution in [2.45, 2.75) is 25.5 Å². The zero-order chi connectivity index (χ0) is 17.8. The number of hydrogen-bond donors (Lipinski definition) is 1. The van der Waals surface area contributed by atoms with Gasteiger partial charge >= 0.3 is 0 Å². The minimum Gasteiger partial charge on any atom is -0.379 e. The average Bonchev–Trinajstić information content (AvgIpc) is 2.93. The molecule has 2 atom stereocenters. The van der Waals surface area contributed by atoms with Gasteiger partial charge in [-0.1, -0.05) is 18.2 Å². The van der Waals surface area contributed by atoms with E-state index in [1.807, 2.05) is 33.2 Å². The molecule has 1 aliphatic rings. The molecule has 25 heavy (non-hydrogen) atoms. The van der Waals surface area contributed by atoms with Crippen molar-refractivity contribution in [3.63, 3.8) is 0 Å². The van der Waals surface area contributed by atoms with Crippen molar-refractivity contribution in [2.24, 2.45) is 0 Å². The smallest absolute Gasteiger partial charge is 0.262 e. The molecule has 0 aliphatic carbocycles. The Bertz CT molecular complexity index is 729. The molecule has 1 N–H and O–H groups in total. The maximum Gasteiger partial charge on any atom is 0.262 e. The van der Waals surface area contributed by atoms with E-state index in [0.29, 0.717) is 19.8 Å². The lowest BCUT2D eigenvalue weighted by molar-refractivity contribution is -0.0561. The van der Waals surface area contributed by atoms with Crippen LogP contribution in [0.25, 0.3) is 10.1 Å². The summed E-state index contributed by atoms with van der Waals surface area (Å²) >= 11 is 1.54. The minimum atomic E-state index is -0.104. The maximum atomic E-state index is 12.8. The number of rotatable bonds is 6. The van der Waals surface area contributed by atoms with E-state index in [9.17, 15) is 4.79 Å². The number of nitrogens with one attached hydrogen (secondary N) is 1. The van der Waals surface area contributed by atoms with Gasteiger partial charge in [-0.25, -0.2) is 0 Å². The van der Waals surface area contributed by atoms with E-state index in [2.05, 4.69) is 22.3 Å². The number of carbonyl (C=O) groups is 1. The predicted molar refractivity (Wildman–Crippen MR) is 102 cm³/mol. The number of nitrogens with zero attached hydrogens (tertiary/aromatic N) is 1. The Kier molecular flexibility index (Phi) is 6.06. The molecule has 0 radical (unpaired) electrons. The van der Waals surface area contributed by atoms with Crippen LogP contribution >= 0.6 is 11.3 Å². The molecule has 0 bridgehead atoms. The second kappa shape index (κ2) is 8.27. The average molecular weight is 362 g/mol. The largest absolute Gasteiger partial charge is 0.379 e. The summed E-state index contributed by atoms with van der Waals surface area (Å²) in [6, 6.07) is 8.03. The lowest BCUT2D eigenvalue weighted by atomic mass is 10.1. The Morgan fingerprint density at radius 3 is 2.96 bits per heavy atom. The summed E-state index contributed by atoms with van der Waals surface area (Å²) in [6.07, 6.45) is 0.816. The van der Waals surface area contributed by atoms with Gasteiger partial charge in [0.15, 0.2) is 0 Å². The normalized spacial score (nSPS) is 21.0. The van der Waals surface area contributed by atoms with Gasteiger partial charge in [0.1, 0.15) is 0 Å². The molecule has 3 rings (SSSR count). The van der Waals surface area contributed by atoms with Crippen LogP contribution in [0.1, 0.15) is 21.7 Å². The molecule has 1 aromatic heterocycles. The Labute approximate surface area is 152 Å².